The van der Waals surface area contributed by atoms with E-state index in [1.165, 1.54) is 75.3 Å². The van der Waals surface area contributed by atoms with Crippen molar-refractivity contribution in [3.05, 3.63) is 179 Å². The molecule has 0 N–H and O–H groups in total. The number of benzene rings is 4. The van der Waals surface area contributed by atoms with E-state index >= 15 is 0 Å². The first-order chi connectivity index (χ1) is 27.4. The van der Waals surface area contributed by atoms with Gasteiger partial charge in [0.25, 0.3) is 0 Å². The van der Waals surface area contributed by atoms with Crippen LogP contribution in [0.5, 0.6) is 0 Å². The van der Waals surface area contributed by atoms with Gasteiger partial charge in [-0.1, -0.05) is 176 Å². The SMILES string of the molecule is CCN(CC)C([N-]Cc1ccccc1)[N-]C1CCCCC1.CCN(CC)C([N-]Cc1ccccc1)[N-]C1CCCCC1.[CH2-]c1ccccc1.[CH2-]c1ccccc1.[Zr]. The predicted molar refractivity (Wildman–Crippen MR) is 243 cm³/mol. The first kappa shape index (κ1) is 50.4. The predicted octanol–water partition coefficient (Wildman–Crippen LogP) is 13.5. The zero-order valence-electron chi connectivity index (χ0n) is 35.8. The minimum Gasteiger partial charge on any atom is -0.663 e. The first-order valence-corrected chi connectivity index (χ1v) is 21.5. The van der Waals surface area contributed by atoms with Crippen molar-refractivity contribution in [3.8, 4) is 0 Å². The van der Waals surface area contributed by atoms with Crippen molar-refractivity contribution in [1.29, 1.82) is 0 Å². The molecule has 6 nitrogen and oxygen atoms in total. The molecule has 0 aromatic heterocycles. The summed E-state index contributed by atoms with van der Waals surface area (Å²) >= 11 is 0. The molecule has 4 aromatic rings. The molecule has 0 saturated heterocycles. The second-order valence-corrected chi connectivity index (χ2v) is 14.6. The van der Waals surface area contributed by atoms with Crippen LogP contribution in [0.3, 0.4) is 0 Å². The third-order valence-corrected chi connectivity index (χ3v) is 10.4. The molecule has 0 amide bonds. The van der Waals surface area contributed by atoms with Crippen molar-refractivity contribution in [1.82, 2.24) is 9.80 Å². The Labute approximate surface area is 368 Å². The van der Waals surface area contributed by atoms with Gasteiger partial charge < -0.3 is 31.1 Å². The van der Waals surface area contributed by atoms with Gasteiger partial charge in [0, 0.05) is 26.2 Å². The summed E-state index contributed by atoms with van der Waals surface area (Å²) in [6, 6.07) is 41.8. The molecular formula is C50H72N6Zr-6. The van der Waals surface area contributed by atoms with Crippen LogP contribution in [-0.2, 0) is 39.3 Å². The van der Waals surface area contributed by atoms with Crippen LogP contribution in [0.2, 0.25) is 0 Å². The Kier molecular flexibility index (Phi) is 28.4. The Morgan fingerprint density at radius 1 is 0.456 bits per heavy atom. The zero-order valence-corrected chi connectivity index (χ0v) is 38.2. The van der Waals surface area contributed by atoms with Crippen LogP contribution >= 0.6 is 0 Å². The van der Waals surface area contributed by atoms with Gasteiger partial charge in [0.2, 0.25) is 0 Å². The number of hydrogen-bond acceptors (Lipinski definition) is 2. The van der Waals surface area contributed by atoms with Crippen LogP contribution in [0.15, 0.2) is 121 Å². The molecule has 2 saturated carbocycles. The number of rotatable bonds is 16. The molecule has 57 heavy (non-hydrogen) atoms. The Balaban J connectivity index is 0.000000290. The van der Waals surface area contributed by atoms with E-state index in [-0.39, 0.29) is 38.8 Å². The van der Waals surface area contributed by atoms with Gasteiger partial charge in [0.1, 0.15) is 0 Å². The average Bonchev–Trinajstić information content (AvgIpc) is 3.25. The molecule has 0 heterocycles. The van der Waals surface area contributed by atoms with Crippen molar-refractivity contribution in [2.24, 2.45) is 0 Å². The van der Waals surface area contributed by atoms with Gasteiger partial charge in [0.05, 0.1) is 0 Å². The van der Waals surface area contributed by atoms with E-state index < -0.39 is 0 Å². The van der Waals surface area contributed by atoms with Crippen molar-refractivity contribution in [2.45, 2.75) is 130 Å². The Morgan fingerprint density at radius 3 is 0.982 bits per heavy atom. The molecule has 2 atom stereocenters. The summed E-state index contributed by atoms with van der Waals surface area (Å²) in [5, 5.41) is 19.9. The van der Waals surface area contributed by atoms with E-state index in [1.54, 1.807) is 0 Å². The smallest absolute Gasteiger partial charge is 0 e. The van der Waals surface area contributed by atoms with Gasteiger partial charge >= 0.3 is 0 Å². The van der Waals surface area contributed by atoms with Gasteiger partial charge in [-0.3, -0.25) is 0 Å². The number of hydrogen-bond donors (Lipinski definition) is 0. The van der Waals surface area contributed by atoms with Crippen LogP contribution in [0.1, 0.15) is 114 Å². The van der Waals surface area contributed by atoms with E-state index in [2.05, 4.69) is 112 Å². The Morgan fingerprint density at radius 2 is 0.737 bits per heavy atom. The number of nitrogens with zero attached hydrogens (tertiary/aromatic N) is 6. The summed E-state index contributed by atoms with van der Waals surface area (Å²) in [7, 11) is 0. The normalized spacial score (nSPS) is 15.4. The third-order valence-electron chi connectivity index (χ3n) is 10.4. The minimum atomic E-state index is 0. The largest absolute Gasteiger partial charge is 0.663 e. The van der Waals surface area contributed by atoms with Crippen LogP contribution in [0, 0.1) is 13.8 Å². The van der Waals surface area contributed by atoms with Crippen LogP contribution in [0.25, 0.3) is 21.3 Å². The molecule has 0 spiro atoms. The van der Waals surface area contributed by atoms with Crippen molar-refractivity contribution in [2.75, 3.05) is 26.2 Å². The minimum absolute atomic E-state index is 0. The van der Waals surface area contributed by atoms with E-state index in [0.717, 1.165) is 50.4 Å². The molecule has 2 fully saturated rings. The summed E-state index contributed by atoms with van der Waals surface area (Å²) < 4.78 is 0. The molecule has 2 unspecified atom stereocenters. The maximum Gasteiger partial charge on any atom is 0 e. The van der Waals surface area contributed by atoms with Crippen LogP contribution in [0.4, 0.5) is 0 Å². The molecule has 0 radical (unpaired) electrons. The fourth-order valence-electron chi connectivity index (χ4n) is 6.95. The van der Waals surface area contributed by atoms with Crippen LogP contribution in [-0.4, -0.2) is 60.6 Å². The average molecular weight is 848 g/mol. The summed E-state index contributed by atoms with van der Waals surface area (Å²) in [6.07, 6.45) is 13.1. The summed E-state index contributed by atoms with van der Waals surface area (Å²) in [5.74, 6) is 0. The maximum absolute atomic E-state index is 5.05. The van der Waals surface area contributed by atoms with Gasteiger partial charge in [-0.25, -0.2) is 0 Å². The van der Waals surface area contributed by atoms with Crippen molar-refractivity contribution in [3.63, 3.8) is 0 Å². The molecule has 4 aromatic carbocycles. The fourth-order valence-corrected chi connectivity index (χ4v) is 6.95. The van der Waals surface area contributed by atoms with E-state index in [9.17, 15) is 0 Å². The molecule has 312 valence electrons. The van der Waals surface area contributed by atoms with Gasteiger partial charge in [-0.2, -0.15) is 61.8 Å². The second kappa shape index (κ2) is 32.2. The Hall–Kier alpha value is -2.74. The van der Waals surface area contributed by atoms with E-state index in [4.69, 9.17) is 21.3 Å². The molecule has 6 rings (SSSR count). The monoisotopic (exact) mass is 846 g/mol. The van der Waals surface area contributed by atoms with Gasteiger partial charge in [0.15, 0.2) is 0 Å². The summed E-state index contributed by atoms with van der Waals surface area (Å²) in [6.45, 7) is 21.8. The van der Waals surface area contributed by atoms with Crippen molar-refractivity contribution >= 4 is 0 Å². The quantitative estimate of drug-likeness (QED) is 0.105. The molecule has 7 heteroatoms. The standard InChI is InChI=1S/2C18H29N3.2C7H7.Zr/c2*1-3-21(4-2)18(20-17-13-9-6-10-14-17)19-15-16-11-7-5-8-12-16;2*1-7-5-3-2-4-6-7;/h2*5,7-8,11-12,17-18H,3-4,6,9-10,13-15H2,1-2H3;2*2-6H,1H2;/q2*-2;2*-1;. The van der Waals surface area contributed by atoms with E-state index in [1.807, 2.05) is 60.7 Å². The Bertz CT molecular complexity index is 1330. The zero-order chi connectivity index (χ0) is 40.1. The summed E-state index contributed by atoms with van der Waals surface area (Å²) in [4.78, 5) is 4.72. The third kappa shape index (κ3) is 22.3. The van der Waals surface area contributed by atoms with Crippen molar-refractivity contribution < 1.29 is 26.2 Å². The van der Waals surface area contributed by atoms with Gasteiger partial charge in [-0.05, 0) is 26.2 Å². The first-order valence-electron chi connectivity index (χ1n) is 21.5. The molecule has 0 aliphatic heterocycles. The molecular weight excluding hydrogens is 776 g/mol. The summed E-state index contributed by atoms with van der Waals surface area (Å²) in [5.41, 5.74) is 4.69. The molecule has 2 aliphatic carbocycles. The molecule has 0 bridgehead atoms. The van der Waals surface area contributed by atoms with Gasteiger partial charge in [-0.15, -0.1) is 49.4 Å². The maximum atomic E-state index is 5.05. The topological polar surface area (TPSA) is 62.9 Å². The second-order valence-electron chi connectivity index (χ2n) is 14.6. The fraction of sp³-hybridized carbons (Fsp3) is 0.480. The van der Waals surface area contributed by atoms with E-state index in [0.29, 0.717) is 12.1 Å². The van der Waals surface area contributed by atoms with Crippen LogP contribution < -0.4 is 0 Å². The molecule has 2 aliphatic rings.